The number of carbonyl (C=O) groups is 6. The molecule has 352 valence electrons. The van der Waals surface area contributed by atoms with E-state index in [-0.39, 0.29) is 63.7 Å². The van der Waals surface area contributed by atoms with E-state index in [1.54, 1.807) is 9.80 Å². The molecule has 2 unspecified atom stereocenters. The molecule has 0 saturated carbocycles. The number of esters is 1. The SMILES string of the molecule is O=C(/N=C(\NC(=O)OCc1ccccc1)N1CCCC(C[C@H]2C(=O)N(C(=O)N3CCN(C(=O)CCCCCN4CCOCC4)CC3)C2C(=O)OCc2ccccc2)C1)OCc1ccccc1. The number of ether oxygens (including phenoxy) is 4. The van der Waals surface area contributed by atoms with E-state index in [1.807, 2.05) is 91.0 Å². The lowest BCUT2D eigenvalue weighted by molar-refractivity contribution is -0.172. The summed E-state index contributed by atoms with van der Waals surface area (Å²) in [5.74, 6) is -2.22. The number of benzene rings is 3. The van der Waals surface area contributed by atoms with Crippen molar-refractivity contribution in [2.24, 2.45) is 16.8 Å². The van der Waals surface area contributed by atoms with Gasteiger partial charge in [0.1, 0.15) is 19.8 Å². The molecule has 66 heavy (non-hydrogen) atoms. The maximum Gasteiger partial charge on any atom is 0.437 e. The van der Waals surface area contributed by atoms with Crippen LogP contribution in [0.1, 0.15) is 61.6 Å². The number of unbranched alkanes of at least 4 members (excludes halogenated alkanes) is 2. The molecule has 4 saturated heterocycles. The fourth-order valence-electron chi connectivity index (χ4n) is 8.82. The maximum atomic E-state index is 14.1. The Morgan fingerprint density at radius 2 is 1.26 bits per heavy atom. The lowest BCUT2D eigenvalue weighted by atomic mass is 9.78. The van der Waals surface area contributed by atoms with E-state index in [0.29, 0.717) is 38.9 Å². The summed E-state index contributed by atoms with van der Waals surface area (Å²) in [5, 5.41) is 2.64. The highest BCUT2D eigenvalue weighted by Gasteiger charge is 2.57. The van der Waals surface area contributed by atoms with Gasteiger partial charge in [-0.3, -0.25) is 19.8 Å². The highest BCUT2D eigenvalue weighted by atomic mass is 16.6. The lowest BCUT2D eigenvalue weighted by Gasteiger charge is -2.48. The van der Waals surface area contributed by atoms with Crippen LogP contribution in [0.5, 0.6) is 0 Å². The van der Waals surface area contributed by atoms with Crippen LogP contribution in [0.15, 0.2) is 96.0 Å². The zero-order valence-electron chi connectivity index (χ0n) is 37.5. The van der Waals surface area contributed by atoms with Gasteiger partial charge in [0.15, 0.2) is 6.04 Å². The smallest absolute Gasteiger partial charge is 0.437 e. The average molecular weight is 908 g/mol. The van der Waals surface area contributed by atoms with Gasteiger partial charge in [0.2, 0.25) is 17.8 Å². The fraction of sp³-hybridized carbons (Fsp3) is 0.490. The predicted molar refractivity (Wildman–Crippen MR) is 242 cm³/mol. The molecule has 4 aliphatic rings. The van der Waals surface area contributed by atoms with E-state index in [0.717, 1.165) is 73.7 Å². The summed E-state index contributed by atoms with van der Waals surface area (Å²) in [6, 6.07) is 25.7. The summed E-state index contributed by atoms with van der Waals surface area (Å²) >= 11 is 0. The first-order chi connectivity index (χ1) is 32.2. The number of guanidine groups is 1. The number of β-lactam (4-membered cyclic amide) rings is 1. The number of amides is 6. The van der Waals surface area contributed by atoms with Gasteiger partial charge >= 0.3 is 24.2 Å². The Hall–Kier alpha value is -6.33. The first-order valence-corrected chi connectivity index (χ1v) is 23.1. The number of nitrogens with zero attached hydrogens (tertiary/aromatic N) is 6. The minimum absolute atomic E-state index is 0.00796. The molecule has 4 heterocycles. The van der Waals surface area contributed by atoms with Gasteiger partial charge in [-0.05, 0) is 61.3 Å². The molecule has 17 nitrogen and oxygen atoms in total. The lowest BCUT2D eigenvalue weighted by Crippen LogP contribution is -2.70. The van der Waals surface area contributed by atoms with Crippen LogP contribution in [0.25, 0.3) is 0 Å². The predicted octanol–water partition coefficient (Wildman–Crippen LogP) is 5.43. The quantitative estimate of drug-likeness (QED) is 0.0511. The standard InChI is InChI=1S/C49H61N7O10/c57-42(21-11-4-12-22-52-28-30-63-31-29-52)53-24-26-54(27-25-53)49(62)56-43(45(59)64-34-37-14-5-1-6-15-37)41(44(56)58)32-40-20-13-23-55(33-40)46(50-47(60)65-35-38-16-7-2-8-17-38)51-48(61)66-36-39-18-9-3-10-19-39/h1-3,5-10,14-19,40-41,43H,4,11-13,20-36H2,(H,50,51,60,61)/t40?,41-,43?/m1/s1. The van der Waals surface area contributed by atoms with Crippen LogP contribution in [0.4, 0.5) is 14.4 Å². The van der Waals surface area contributed by atoms with Gasteiger partial charge in [-0.25, -0.2) is 24.1 Å². The van der Waals surface area contributed by atoms with Crippen molar-refractivity contribution in [3.05, 3.63) is 108 Å². The number of piperazine rings is 1. The normalized spacial score (nSPS) is 20.3. The Kier molecular flexibility index (Phi) is 17.5. The first kappa shape index (κ1) is 47.6. The number of hydrogen-bond acceptors (Lipinski definition) is 11. The Bertz CT molecular complexity index is 2110. The van der Waals surface area contributed by atoms with Crippen molar-refractivity contribution in [3.63, 3.8) is 0 Å². The van der Waals surface area contributed by atoms with Gasteiger partial charge in [0, 0.05) is 58.8 Å². The van der Waals surface area contributed by atoms with Gasteiger partial charge in [0.05, 0.1) is 19.1 Å². The Balaban J connectivity index is 0.971. The number of rotatable bonds is 15. The van der Waals surface area contributed by atoms with Crippen molar-refractivity contribution in [2.75, 3.05) is 72.1 Å². The number of morpholine rings is 1. The number of nitrogens with one attached hydrogen (secondary N) is 1. The molecule has 17 heteroatoms. The molecule has 0 aromatic heterocycles. The first-order valence-electron chi connectivity index (χ1n) is 23.1. The van der Waals surface area contributed by atoms with Gasteiger partial charge in [-0.1, -0.05) is 97.4 Å². The van der Waals surface area contributed by atoms with E-state index in [9.17, 15) is 28.8 Å². The van der Waals surface area contributed by atoms with Crippen molar-refractivity contribution in [1.29, 1.82) is 0 Å². The number of imide groups is 1. The van der Waals surface area contributed by atoms with Crippen LogP contribution >= 0.6 is 0 Å². The van der Waals surface area contributed by atoms with Crippen LogP contribution in [0.2, 0.25) is 0 Å². The molecule has 7 rings (SSSR count). The van der Waals surface area contributed by atoms with Crippen LogP contribution in [-0.2, 0) is 53.2 Å². The minimum Gasteiger partial charge on any atom is -0.459 e. The molecule has 0 bridgehead atoms. The molecule has 0 radical (unpaired) electrons. The third kappa shape index (κ3) is 13.6. The number of aliphatic imine (C=N–C) groups is 1. The largest absolute Gasteiger partial charge is 0.459 e. The highest BCUT2D eigenvalue weighted by molar-refractivity contribution is 6.08. The number of carbonyl (C=O) groups excluding carboxylic acids is 6. The van der Waals surface area contributed by atoms with E-state index in [1.165, 1.54) is 4.90 Å². The Morgan fingerprint density at radius 3 is 1.89 bits per heavy atom. The van der Waals surface area contributed by atoms with Crippen molar-refractivity contribution in [3.8, 4) is 0 Å². The zero-order chi connectivity index (χ0) is 46.1. The summed E-state index contributed by atoms with van der Waals surface area (Å²) in [5.41, 5.74) is 2.30. The molecule has 4 fully saturated rings. The number of piperidine rings is 1. The Morgan fingerprint density at radius 1 is 0.667 bits per heavy atom. The summed E-state index contributed by atoms with van der Waals surface area (Å²) in [6.45, 7) is 6.20. The second-order valence-corrected chi connectivity index (χ2v) is 17.1. The van der Waals surface area contributed by atoms with Gasteiger partial charge in [-0.2, -0.15) is 0 Å². The highest BCUT2D eigenvalue weighted by Crippen LogP contribution is 2.37. The van der Waals surface area contributed by atoms with Crippen molar-refractivity contribution >= 4 is 42.0 Å². The topological polar surface area (TPSA) is 180 Å². The maximum absolute atomic E-state index is 14.1. The van der Waals surface area contributed by atoms with E-state index < -0.39 is 42.1 Å². The molecule has 3 aromatic rings. The van der Waals surface area contributed by atoms with Crippen LogP contribution < -0.4 is 5.32 Å². The van der Waals surface area contributed by atoms with E-state index >= 15 is 0 Å². The van der Waals surface area contributed by atoms with E-state index in [4.69, 9.17) is 18.9 Å². The van der Waals surface area contributed by atoms with Crippen molar-refractivity contribution in [2.45, 2.75) is 70.8 Å². The number of urea groups is 1. The van der Waals surface area contributed by atoms with Gasteiger partial charge in [-0.15, -0.1) is 4.99 Å². The molecule has 1 N–H and O–H groups in total. The number of likely N-dealkylation sites (tertiary alicyclic amines) is 2. The van der Waals surface area contributed by atoms with Crippen molar-refractivity contribution < 1.29 is 47.7 Å². The molecule has 3 atom stereocenters. The second-order valence-electron chi connectivity index (χ2n) is 17.1. The fourth-order valence-corrected chi connectivity index (χ4v) is 8.82. The zero-order valence-corrected chi connectivity index (χ0v) is 37.5. The summed E-state index contributed by atoms with van der Waals surface area (Å²) in [4.78, 5) is 94.0. The van der Waals surface area contributed by atoms with Gasteiger partial charge < -0.3 is 33.6 Å². The molecule has 0 spiro atoms. The average Bonchev–Trinajstić information content (AvgIpc) is 3.36. The molecule has 0 aliphatic carbocycles. The van der Waals surface area contributed by atoms with Crippen LogP contribution in [0, 0.1) is 11.8 Å². The molecule has 4 aliphatic heterocycles. The van der Waals surface area contributed by atoms with Crippen LogP contribution in [0.3, 0.4) is 0 Å². The van der Waals surface area contributed by atoms with Crippen molar-refractivity contribution in [1.82, 2.24) is 29.8 Å². The molecule has 3 aromatic carbocycles. The second kappa shape index (κ2) is 24.3. The van der Waals surface area contributed by atoms with Crippen LogP contribution in [-0.4, -0.2) is 145 Å². The summed E-state index contributed by atoms with van der Waals surface area (Å²) in [6.07, 6.45) is 3.02. The number of alkyl carbamates (subject to hydrolysis) is 1. The third-order valence-electron chi connectivity index (χ3n) is 12.5. The van der Waals surface area contributed by atoms with Gasteiger partial charge in [0.25, 0.3) is 0 Å². The molecule has 6 amide bonds. The molecular weight excluding hydrogens is 847 g/mol. The molecular formula is C49H61N7O10. The van der Waals surface area contributed by atoms with E-state index in [2.05, 4.69) is 15.2 Å². The summed E-state index contributed by atoms with van der Waals surface area (Å²) in [7, 11) is 0. The number of hydrogen-bond donors (Lipinski definition) is 1. The monoisotopic (exact) mass is 907 g/mol. The minimum atomic E-state index is -1.16. The Labute approximate surface area is 386 Å². The third-order valence-corrected chi connectivity index (χ3v) is 12.5. The summed E-state index contributed by atoms with van der Waals surface area (Å²) < 4.78 is 22.1.